The van der Waals surface area contributed by atoms with E-state index in [1.807, 2.05) is 16.8 Å². The van der Waals surface area contributed by atoms with Gasteiger partial charge in [0.2, 0.25) is 12.7 Å². The van der Waals surface area contributed by atoms with Gasteiger partial charge in [0, 0.05) is 0 Å². The number of aryl methyl sites for hydroxylation is 1. The van der Waals surface area contributed by atoms with Crippen LogP contribution in [-0.4, -0.2) is 27.0 Å². The Labute approximate surface area is 144 Å². The fourth-order valence-corrected chi connectivity index (χ4v) is 3.45. The van der Waals surface area contributed by atoms with E-state index < -0.39 is 0 Å². The number of fused-ring (bicyclic) bond motifs is 2. The average Bonchev–Trinajstić information content (AvgIpc) is 3.29. The molecule has 2 aromatic carbocycles. The van der Waals surface area contributed by atoms with Gasteiger partial charge >= 0.3 is 0 Å². The molecule has 0 bridgehead atoms. The van der Waals surface area contributed by atoms with Crippen LogP contribution in [-0.2, 0) is 0 Å². The smallest absolute Gasteiger partial charge is 0.243 e. The van der Waals surface area contributed by atoms with Crippen LogP contribution in [0.5, 0.6) is 11.5 Å². The molecule has 0 saturated carbocycles. The standard InChI is InChI=1S/C18H17N5O2/c1-11-2-4-12(5-3-11)15-9-14(19-18-20-21-22-23(15)18)13-6-7-16-17(8-13)25-10-24-16/h2-8,14-15H,9-10H2,1H3,(H,19,20,22)/t14-,15+/m1/s1. The molecule has 0 saturated heterocycles. The minimum absolute atomic E-state index is 0.0854. The fourth-order valence-electron chi connectivity index (χ4n) is 3.45. The Bertz CT molecular complexity index is 921. The molecule has 3 aromatic rings. The van der Waals surface area contributed by atoms with Crippen LogP contribution in [0.1, 0.15) is 35.2 Å². The Morgan fingerprint density at radius 3 is 2.72 bits per heavy atom. The summed E-state index contributed by atoms with van der Waals surface area (Å²) in [4.78, 5) is 0. The van der Waals surface area contributed by atoms with E-state index in [1.54, 1.807) is 0 Å². The zero-order valence-electron chi connectivity index (χ0n) is 13.7. The highest BCUT2D eigenvalue weighted by atomic mass is 16.7. The summed E-state index contributed by atoms with van der Waals surface area (Å²) < 4.78 is 12.8. The molecule has 2 aliphatic heterocycles. The van der Waals surface area contributed by atoms with Crippen LogP contribution in [0.2, 0.25) is 0 Å². The number of ether oxygens (including phenoxy) is 2. The third-order valence-corrected chi connectivity index (χ3v) is 4.81. The molecule has 1 aromatic heterocycles. The molecule has 25 heavy (non-hydrogen) atoms. The molecular weight excluding hydrogens is 318 g/mol. The third kappa shape index (κ3) is 2.39. The maximum absolute atomic E-state index is 5.51. The first-order valence-electron chi connectivity index (χ1n) is 8.28. The molecule has 0 aliphatic carbocycles. The van der Waals surface area contributed by atoms with Crippen molar-refractivity contribution in [3.8, 4) is 11.5 Å². The van der Waals surface area contributed by atoms with Crippen molar-refractivity contribution in [2.24, 2.45) is 0 Å². The predicted molar refractivity (Wildman–Crippen MR) is 90.7 cm³/mol. The summed E-state index contributed by atoms with van der Waals surface area (Å²) in [6.45, 7) is 2.37. The zero-order chi connectivity index (χ0) is 16.8. The van der Waals surface area contributed by atoms with Gasteiger partial charge in [0.05, 0.1) is 12.1 Å². The maximum atomic E-state index is 5.51. The van der Waals surface area contributed by atoms with Crippen molar-refractivity contribution in [1.29, 1.82) is 0 Å². The molecule has 0 radical (unpaired) electrons. The minimum Gasteiger partial charge on any atom is -0.454 e. The third-order valence-electron chi connectivity index (χ3n) is 4.81. The summed E-state index contributed by atoms with van der Waals surface area (Å²) in [6.07, 6.45) is 0.848. The molecule has 0 spiro atoms. The molecule has 7 heteroatoms. The molecule has 5 rings (SSSR count). The van der Waals surface area contributed by atoms with Gasteiger partial charge < -0.3 is 14.8 Å². The first kappa shape index (κ1) is 14.3. The summed E-state index contributed by atoms with van der Waals surface area (Å²) in [5, 5.41) is 15.6. The number of hydrogen-bond donors (Lipinski definition) is 1. The van der Waals surface area contributed by atoms with Gasteiger partial charge in [0.25, 0.3) is 0 Å². The lowest BCUT2D eigenvalue weighted by Crippen LogP contribution is -2.28. The second kappa shape index (κ2) is 5.47. The lowest BCUT2D eigenvalue weighted by Gasteiger charge is -2.31. The average molecular weight is 335 g/mol. The van der Waals surface area contributed by atoms with Gasteiger partial charge in [0.15, 0.2) is 11.5 Å². The van der Waals surface area contributed by atoms with E-state index in [9.17, 15) is 0 Å². The van der Waals surface area contributed by atoms with E-state index in [-0.39, 0.29) is 18.9 Å². The van der Waals surface area contributed by atoms with E-state index >= 15 is 0 Å². The first-order chi connectivity index (χ1) is 12.3. The van der Waals surface area contributed by atoms with E-state index in [0.29, 0.717) is 5.95 Å². The summed E-state index contributed by atoms with van der Waals surface area (Å²) in [7, 11) is 0. The van der Waals surface area contributed by atoms with Gasteiger partial charge in [-0.2, -0.15) is 0 Å². The number of anilines is 1. The SMILES string of the molecule is Cc1ccc([C@@H]2C[C@H](c3ccc4c(c3)OCO4)Nc3nnnn32)cc1. The monoisotopic (exact) mass is 335 g/mol. The van der Waals surface area contributed by atoms with Crippen molar-refractivity contribution in [3.63, 3.8) is 0 Å². The Morgan fingerprint density at radius 2 is 1.84 bits per heavy atom. The van der Waals surface area contributed by atoms with Gasteiger partial charge in [-0.3, -0.25) is 0 Å². The van der Waals surface area contributed by atoms with Gasteiger partial charge in [-0.05, 0) is 47.0 Å². The van der Waals surface area contributed by atoms with Crippen molar-refractivity contribution in [3.05, 3.63) is 59.2 Å². The lowest BCUT2D eigenvalue weighted by molar-refractivity contribution is 0.174. The van der Waals surface area contributed by atoms with Crippen molar-refractivity contribution in [2.75, 3.05) is 12.1 Å². The maximum Gasteiger partial charge on any atom is 0.243 e. The summed E-state index contributed by atoms with van der Waals surface area (Å²) in [5.41, 5.74) is 3.57. The number of rotatable bonds is 2. The number of aromatic nitrogens is 4. The zero-order valence-corrected chi connectivity index (χ0v) is 13.7. The van der Waals surface area contributed by atoms with Crippen LogP contribution < -0.4 is 14.8 Å². The number of tetrazole rings is 1. The largest absolute Gasteiger partial charge is 0.454 e. The number of nitrogens with one attached hydrogen (secondary N) is 1. The second-order valence-electron chi connectivity index (χ2n) is 6.42. The molecule has 0 amide bonds. The van der Waals surface area contributed by atoms with Crippen molar-refractivity contribution in [1.82, 2.24) is 20.2 Å². The minimum atomic E-state index is 0.0854. The Kier molecular flexibility index (Phi) is 3.12. The van der Waals surface area contributed by atoms with Crippen molar-refractivity contribution < 1.29 is 9.47 Å². The molecular formula is C18H17N5O2. The summed E-state index contributed by atoms with van der Waals surface area (Å²) >= 11 is 0. The number of nitrogens with zero attached hydrogens (tertiary/aromatic N) is 4. The highest BCUT2D eigenvalue weighted by Gasteiger charge is 2.31. The Morgan fingerprint density at radius 1 is 1.04 bits per heavy atom. The van der Waals surface area contributed by atoms with Crippen LogP contribution in [0.15, 0.2) is 42.5 Å². The van der Waals surface area contributed by atoms with Crippen molar-refractivity contribution >= 4 is 5.95 Å². The Balaban J connectivity index is 1.52. The van der Waals surface area contributed by atoms with Gasteiger partial charge in [0.1, 0.15) is 0 Å². The van der Waals surface area contributed by atoms with E-state index in [2.05, 4.69) is 58.1 Å². The molecule has 0 unspecified atom stereocenters. The Hall–Kier alpha value is -3.09. The van der Waals surface area contributed by atoms with Crippen LogP contribution in [0, 0.1) is 6.92 Å². The van der Waals surface area contributed by atoms with Crippen LogP contribution in [0.25, 0.3) is 0 Å². The molecule has 7 nitrogen and oxygen atoms in total. The number of benzene rings is 2. The lowest BCUT2D eigenvalue weighted by atomic mass is 9.93. The number of hydrogen-bond acceptors (Lipinski definition) is 6. The molecule has 1 N–H and O–H groups in total. The summed E-state index contributed by atoms with van der Waals surface area (Å²) in [6, 6.07) is 14.8. The molecule has 0 fully saturated rings. The second-order valence-corrected chi connectivity index (χ2v) is 6.42. The highest BCUT2D eigenvalue weighted by Crippen LogP contribution is 2.40. The molecule has 3 heterocycles. The first-order valence-corrected chi connectivity index (χ1v) is 8.28. The van der Waals surface area contributed by atoms with Gasteiger partial charge in [-0.1, -0.05) is 41.0 Å². The van der Waals surface area contributed by atoms with Crippen LogP contribution in [0.3, 0.4) is 0 Å². The van der Waals surface area contributed by atoms with Crippen LogP contribution in [0.4, 0.5) is 5.95 Å². The highest BCUT2D eigenvalue weighted by molar-refractivity contribution is 5.47. The van der Waals surface area contributed by atoms with Crippen molar-refractivity contribution in [2.45, 2.75) is 25.4 Å². The van der Waals surface area contributed by atoms with Gasteiger partial charge in [-0.25, -0.2) is 4.68 Å². The van der Waals surface area contributed by atoms with Crippen LogP contribution >= 0.6 is 0 Å². The van der Waals surface area contributed by atoms with E-state index in [1.165, 1.54) is 11.1 Å². The molecule has 2 aliphatic rings. The topological polar surface area (TPSA) is 74.1 Å². The van der Waals surface area contributed by atoms with E-state index in [0.717, 1.165) is 23.5 Å². The summed E-state index contributed by atoms with van der Waals surface area (Å²) in [5.74, 6) is 2.26. The predicted octanol–water partition coefficient (Wildman–Crippen LogP) is 2.86. The van der Waals surface area contributed by atoms with E-state index in [4.69, 9.17) is 9.47 Å². The quantitative estimate of drug-likeness (QED) is 0.776. The normalized spacial score (nSPS) is 20.8. The fraction of sp³-hybridized carbons (Fsp3) is 0.278. The van der Waals surface area contributed by atoms with Gasteiger partial charge in [-0.15, -0.1) is 0 Å². The molecule has 126 valence electrons. The molecule has 2 atom stereocenters.